The van der Waals surface area contributed by atoms with Gasteiger partial charge < -0.3 is 10.3 Å². The van der Waals surface area contributed by atoms with E-state index in [9.17, 15) is 0 Å². The van der Waals surface area contributed by atoms with Gasteiger partial charge in [-0.2, -0.15) is 4.98 Å². The second kappa shape index (κ2) is 5.71. The van der Waals surface area contributed by atoms with Crippen LogP contribution in [0.15, 0.2) is 4.52 Å². The molecule has 0 radical (unpaired) electrons. The van der Waals surface area contributed by atoms with Gasteiger partial charge in [0.25, 0.3) is 0 Å². The number of hydrogen-bond donors (Lipinski definition) is 1. The minimum atomic E-state index is -0.0442. The average Bonchev–Trinajstić information content (AvgIpc) is 2.98. The lowest BCUT2D eigenvalue weighted by molar-refractivity contribution is 0.212. The maximum absolute atomic E-state index is 6.07. The van der Waals surface area contributed by atoms with Crippen molar-refractivity contribution in [2.45, 2.75) is 83.0 Å². The predicted octanol–water partition coefficient (Wildman–Crippen LogP) is 3.91. The van der Waals surface area contributed by atoms with Crippen LogP contribution in [0, 0.1) is 5.41 Å². The molecule has 1 heterocycles. The Balaban J connectivity index is 1.74. The molecule has 1 aromatic heterocycles. The molecule has 118 valence electrons. The first-order valence-corrected chi connectivity index (χ1v) is 8.59. The van der Waals surface area contributed by atoms with Gasteiger partial charge in [0.2, 0.25) is 5.89 Å². The Morgan fingerprint density at radius 2 is 1.76 bits per heavy atom. The molecule has 0 atom stereocenters. The summed E-state index contributed by atoms with van der Waals surface area (Å²) in [7, 11) is 0. The Labute approximate surface area is 127 Å². The zero-order valence-electron chi connectivity index (χ0n) is 13.5. The molecule has 0 amide bonds. The van der Waals surface area contributed by atoms with E-state index in [0.29, 0.717) is 17.9 Å². The number of nitrogens with zero attached hydrogens (tertiary/aromatic N) is 2. The summed E-state index contributed by atoms with van der Waals surface area (Å²) >= 11 is 0. The monoisotopic (exact) mass is 291 g/mol. The average molecular weight is 291 g/mol. The van der Waals surface area contributed by atoms with E-state index in [1.165, 1.54) is 44.9 Å². The van der Waals surface area contributed by atoms with E-state index in [-0.39, 0.29) is 5.41 Å². The quantitative estimate of drug-likeness (QED) is 0.917. The van der Waals surface area contributed by atoms with Gasteiger partial charge in [0, 0.05) is 12.5 Å². The van der Waals surface area contributed by atoms with E-state index in [0.717, 1.165) is 24.6 Å². The van der Waals surface area contributed by atoms with Gasteiger partial charge in [0.15, 0.2) is 5.82 Å². The van der Waals surface area contributed by atoms with Crippen LogP contribution in [0.1, 0.15) is 89.3 Å². The maximum Gasteiger partial charge on any atom is 0.234 e. The lowest BCUT2D eigenvalue weighted by atomic mass is 9.72. The molecular formula is C17H29N3O. The first-order valence-electron chi connectivity index (χ1n) is 8.59. The Morgan fingerprint density at radius 1 is 1.10 bits per heavy atom. The molecule has 4 heteroatoms. The summed E-state index contributed by atoms with van der Waals surface area (Å²) in [5.74, 6) is 2.22. The minimum absolute atomic E-state index is 0.0442. The normalized spacial score (nSPS) is 25.9. The molecule has 21 heavy (non-hydrogen) atoms. The van der Waals surface area contributed by atoms with Gasteiger partial charge >= 0.3 is 0 Å². The molecule has 2 aliphatic carbocycles. The molecule has 2 fully saturated rings. The lowest BCUT2D eigenvalue weighted by Crippen LogP contribution is -2.37. The molecule has 2 saturated carbocycles. The lowest BCUT2D eigenvalue weighted by Gasteiger charge is -2.33. The zero-order chi connectivity index (χ0) is 14.9. The van der Waals surface area contributed by atoms with Crippen molar-refractivity contribution in [1.29, 1.82) is 0 Å². The molecule has 0 aromatic carbocycles. The van der Waals surface area contributed by atoms with Crippen LogP contribution in [0.3, 0.4) is 0 Å². The number of hydrogen-bond acceptors (Lipinski definition) is 4. The maximum atomic E-state index is 6.07. The van der Waals surface area contributed by atoms with Gasteiger partial charge in [-0.15, -0.1) is 0 Å². The van der Waals surface area contributed by atoms with Gasteiger partial charge in [0.05, 0.1) is 5.41 Å². The molecule has 2 N–H and O–H groups in total. The van der Waals surface area contributed by atoms with Crippen LogP contribution in [0.2, 0.25) is 0 Å². The first-order chi connectivity index (χ1) is 10.0. The van der Waals surface area contributed by atoms with E-state index >= 15 is 0 Å². The second-order valence-corrected chi connectivity index (χ2v) is 7.94. The molecule has 2 aliphatic rings. The third-order valence-electron chi connectivity index (χ3n) is 5.80. The highest BCUT2D eigenvalue weighted by Crippen LogP contribution is 2.43. The third kappa shape index (κ3) is 3.01. The van der Waals surface area contributed by atoms with E-state index in [4.69, 9.17) is 15.2 Å². The van der Waals surface area contributed by atoms with E-state index in [1.54, 1.807) is 0 Å². The van der Waals surface area contributed by atoms with Crippen molar-refractivity contribution in [3.8, 4) is 0 Å². The molecule has 1 aromatic rings. The second-order valence-electron chi connectivity index (χ2n) is 7.94. The fraction of sp³-hybridized carbons (Fsp3) is 0.882. The smallest absolute Gasteiger partial charge is 0.234 e. The highest BCUT2D eigenvalue weighted by atomic mass is 16.5. The molecule has 4 nitrogen and oxygen atoms in total. The van der Waals surface area contributed by atoms with Crippen LogP contribution >= 0.6 is 0 Å². The molecule has 0 saturated heterocycles. The Bertz CT molecular complexity index is 464. The zero-order valence-corrected chi connectivity index (χ0v) is 13.5. The predicted molar refractivity (Wildman–Crippen MR) is 83.1 cm³/mol. The van der Waals surface area contributed by atoms with Crippen LogP contribution < -0.4 is 5.73 Å². The largest absolute Gasteiger partial charge is 0.339 e. The van der Waals surface area contributed by atoms with Crippen LogP contribution in [0.5, 0.6) is 0 Å². The molecular weight excluding hydrogens is 262 g/mol. The molecule has 0 spiro atoms. The van der Waals surface area contributed by atoms with Crippen molar-refractivity contribution in [2.24, 2.45) is 11.1 Å². The standard InChI is InChI=1S/C17H29N3O/c1-16(2)10-6-13(7-11-16)14-19-15(21-20-14)17(12-18)8-4-3-5-9-17/h13H,3-12,18H2,1-2H3. The van der Waals surface area contributed by atoms with Crippen LogP contribution in [-0.4, -0.2) is 16.7 Å². The van der Waals surface area contributed by atoms with Gasteiger partial charge in [-0.1, -0.05) is 38.3 Å². The van der Waals surface area contributed by atoms with Crippen LogP contribution in [-0.2, 0) is 5.41 Å². The summed E-state index contributed by atoms with van der Waals surface area (Å²) in [5.41, 5.74) is 6.50. The van der Waals surface area contributed by atoms with E-state index < -0.39 is 0 Å². The fourth-order valence-electron chi connectivity index (χ4n) is 4.01. The van der Waals surface area contributed by atoms with Crippen molar-refractivity contribution in [3.63, 3.8) is 0 Å². The summed E-state index contributed by atoms with van der Waals surface area (Å²) in [5, 5.41) is 4.31. The summed E-state index contributed by atoms with van der Waals surface area (Å²) in [6.45, 7) is 5.35. The van der Waals surface area contributed by atoms with Crippen LogP contribution in [0.25, 0.3) is 0 Å². The Kier molecular flexibility index (Phi) is 4.08. The van der Waals surface area contributed by atoms with Crippen molar-refractivity contribution in [2.75, 3.05) is 6.54 Å². The van der Waals surface area contributed by atoms with Crippen molar-refractivity contribution >= 4 is 0 Å². The molecule has 0 unspecified atom stereocenters. The van der Waals surface area contributed by atoms with Crippen molar-refractivity contribution in [3.05, 3.63) is 11.7 Å². The Hall–Kier alpha value is -0.900. The number of rotatable bonds is 3. The first kappa shape index (κ1) is 15.0. The van der Waals surface area contributed by atoms with Gasteiger partial charge in [0.1, 0.15) is 0 Å². The van der Waals surface area contributed by atoms with Gasteiger partial charge in [-0.25, -0.2) is 0 Å². The van der Waals surface area contributed by atoms with Crippen molar-refractivity contribution in [1.82, 2.24) is 10.1 Å². The summed E-state index contributed by atoms with van der Waals surface area (Å²) in [6, 6.07) is 0. The van der Waals surface area contributed by atoms with Crippen LogP contribution in [0.4, 0.5) is 0 Å². The third-order valence-corrected chi connectivity index (χ3v) is 5.80. The van der Waals surface area contributed by atoms with E-state index in [2.05, 4.69) is 19.0 Å². The van der Waals surface area contributed by atoms with Gasteiger partial charge in [-0.3, -0.25) is 0 Å². The van der Waals surface area contributed by atoms with E-state index in [1.807, 2.05) is 0 Å². The highest BCUT2D eigenvalue weighted by Gasteiger charge is 2.39. The summed E-state index contributed by atoms with van der Waals surface area (Å²) < 4.78 is 5.66. The molecule has 3 rings (SSSR count). The van der Waals surface area contributed by atoms with Gasteiger partial charge in [-0.05, 0) is 43.9 Å². The SMILES string of the molecule is CC1(C)CCC(c2noc(C3(CN)CCCCC3)n2)CC1. The summed E-state index contributed by atoms with van der Waals surface area (Å²) in [6.07, 6.45) is 10.8. The van der Waals surface area contributed by atoms with Crippen molar-refractivity contribution < 1.29 is 4.52 Å². The summed E-state index contributed by atoms with van der Waals surface area (Å²) in [4.78, 5) is 4.79. The fourth-order valence-corrected chi connectivity index (χ4v) is 4.01. The molecule has 0 bridgehead atoms. The highest BCUT2D eigenvalue weighted by molar-refractivity contribution is 5.10. The topological polar surface area (TPSA) is 64.9 Å². The minimum Gasteiger partial charge on any atom is -0.339 e. The number of aromatic nitrogens is 2. The number of nitrogens with two attached hydrogens (primary N) is 1. The Morgan fingerprint density at radius 3 is 2.38 bits per heavy atom. The molecule has 0 aliphatic heterocycles.